The number of rotatable bonds is 2. The second-order valence-corrected chi connectivity index (χ2v) is 5.45. The van der Waals surface area contributed by atoms with Crippen molar-refractivity contribution in [3.63, 3.8) is 0 Å². The predicted octanol–water partition coefficient (Wildman–Crippen LogP) is 4.18. The summed E-state index contributed by atoms with van der Waals surface area (Å²) >= 11 is 3.43. The van der Waals surface area contributed by atoms with Crippen LogP contribution in [0.1, 0.15) is 17.2 Å². The Hall–Kier alpha value is -1.78. The van der Waals surface area contributed by atoms with Crippen molar-refractivity contribution in [2.24, 2.45) is 5.73 Å². The molecule has 3 aromatic rings. The van der Waals surface area contributed by atoms with Gasteiger partial charge >= 0.3 is 0 Å². The van der Waals surface area contributed by atoms with Crippen LogP contribution in [0.4, 0.5) is 4.39 Å². The number of fused-ring (bicyclic) bond motifs is 1. The van der Waals surface area contributed by atoms with Gasteiger partial charge in [-0.1, -0.05) is 40.2 Å². The molecule has 0 bridgehead atoms. The highest BCUT2D eigenvalue weighted by molar-refractivity contribution is 9.10. The zero-order chi connectivity index (χ0) is 14.1. The maximum Gasteiger partial charge on any atom is 0.123 e. The number of benzene rings is 2. The van der Waals surface area contributed by atoms with Gasteiger partial charge in [-0.05, 0) is 34.7 Å². The monoisotopic (exact) mass is 330 g/mol. The highest BCUT2D eigenvalue weighted by Crippen LogP contribution is 2.31. The van der Waals surface area contributed by atoms with Crippen molar-refractivity contribution in [1.82, 2.24) is 4.98 Å². The Morgan fingerprint density at radius 1 is 1.05 bits per heavy atom. The molecule has 100 valence electrons. The normalized spacial score (nSPS) is 12.6. The molecule has 0 radical (unpaired) electrons. The fourth-order valence-corrected chi connectivity index (χ4v) is 2.80. The van der Waals surface area contributed by atoms with Gasteiger partial charge in [-0.2, -0.15) is 0 Å². The summed E-state index contributed by atoms with van der Waals surface area (Å²) in [5.74, 6) is -0.299. The predicted molar refractivity (Wildman–Crippen MR) is 81.9 cm³/mol. The van der Waals surface area contributed by atoms with E-state index in [-0.39, 0.29) is 5.82 Å². The first-order valence-corrected chi connectivity index (χ1v) is 6.99. The van der Waals surface area contributed by atoms with Crippen LogP contribution in [0.3, 0.4) is 0 Å². The van der Waals surface area contributed by atoms with Gasteiger partial charge in [0.1, 0.15) is 5.82 Å². The van der Waals surface area contributed by atoms with E-state index >= 15 is 0 Å². The minimum Gasteiger partial charge on any atom is -0.320 e. The highest BCUT2D eigenvalue weighted by Gasteiger charge is 2.16. The molecule has 0 fully saturated rings. The summed E-state index contributed by atoms with van der Waals surface area (Å²) in [6.07, 6.45) is 3.54. The van der Waals surface area contributed by atoms with Gasteiger partial charge in [0, 0.05) is 22.3 Å². The van der Waals surface area contributed by atoms with Crippen LogP contribution in [0.25, 0.3) is 10.8 Å². The molecular weight excluding hydrogens is 319 g/mol. The summed E-state index contributed by atoms with van der Waals surface area (Å²) in [5, 5.41) is 2.05. The smallest absolute Gasteiger partial charge is 0.123 e. The molecule has 2 aromatic carbocycles. The summed E-state index contributed by atoms with van der Waals surface area (Å²) in [7, 11) is 0. The van der Waals surface area contributed by atoms with Gasteiger partial charge in [0.25, 0.3) is 0 Å². The summed E-state index contributed by atoms with van der Waals surface area (Å²) in [4.78, 5) is 4.22. The van der Waals surface area contributed by atoms with Crippen LogP contribution in [0, 0.1) is 5.82 Å². The first kappa shape index (κ1) is 13.2. The fraction of sp³-hybridized carbons (Fsp3) is 0.0625. The Morgan fingerprint density at radius 2 is 1.85 bits per heavy atom. The third-order valence-electron chi connectivity index (χ3n) is 3.33. The van der Waals surface area contributed by atoms with E-state index in [1.54, 1.807) is 18.5 Å². The van der Waals surface area contributed by atoms with E-state index in [0.717, 1.165) is 20.8 Å². The first-order chi connectivity index (χ1) is 9.66. The van der Waals surface area contributed by atoms with Crippen molar-refractivity contribution in [2.75, 3.05) is 0 Å². The Bertz CT molecular complexity index is 768. The van der Waals surface area contributed by atoms with Crippen LogP contribution in [0.2, 0.25) is 0 Å². The van der Waals surface area contributed by atoms with Crippen molar-refractivity contribution in [2.45, 2.75) is 6.04 Å². The second-order valence-electron chi connectivity index (χ2n) is 4.59. The molecule has 1 unspecified atom stereocenters. The van der Waals surface area contributed by atoms with Crippen molar-refractivity contribution in [3.8, 4) is 0 Å². The van der Waals surface area contributed by atoms with Gasteiger partial charge in [-0.3, -0.25) is 4.98 Å². The summed E-state index contributed by atoms with van der Waals surface area (Å²) in [6.45, 7) is 0. The van der Waals surface area contributed by atoms with E-state index in [2.05, 4.69) is 20.9 Å². The molecule has 0 spiro atoms. The fourth-order valence-electron chi connectivity index (χ4n) is 2.31. The van der Waals surface area contributed by atoms with Gasteiger partial charge in [0.05, 0.1) is 6.04 Å². The Kier molecular flexibility index (Phi) is 3.51. The Balaban J connectivity index is 2.17. The summed E-state index contributed by atoms with van der Waals surface area (Å²) < 4.78 is 14.2. The Morgan fingerprint density at radius 3 is 2.70 bits per heavy atom. The second kappa shape index (κ2) is 5.31. The van der Waals surface area contributed by atoms with Gasteiger partial charge < -0.3 is 5.73 Å². The quantitative estimate of drug-likeness (QED) is 0.765. The molecule has 0 aliphatic rings. The molecule has 0 saturated heterocycles. The van der Waals surface area contributed by atoms with Crippen LogP contribution in [-0.4, -0.2) is 4.98 Å². The zero-order valence-corrected chi connectivity index (χ0v) is 12.1. The van der Waals surface area contributed by atoms with Gasteiger partial charge in [-0.15, -0.1) is 0 Å². The molecule has 0 aliphatic heterocycles. The Labute approximate surface area is 124 Å². The molecule has 2 nitrogen and oxygen atoms in total. The maximum absolute atomic E-state index is 13.4. The molecular formula is C16H12BrFN2. The van der Waals surface area contributed by atoms with E-state index in [0.29, 0.717) is 5.56 Å². The third kappa shape index (κ3) is 2.32. The molecule has 1 heterocycles. The average molecular weight is 331 g/mol. The molecule has 3 rings (SSSR count). The molecule has 1 atom stereocenters. The minimum absolute atomic E-state index is 0.299. The number of aromatic nitrogens is 1. The molecule has 20 heavy (non-hydrogen) atoms. The lowest BCUT2D eigenvalue weighted by atomic mass is 9.96. The lowest BCUT2D eigenvalue weighted by molar-refractivity contribution is 0.623. The van der Waals surface area contributed by atoms with Gasteiger partial charge in [0.2, 0.25) is 0 Å². The topological polar surface area (TPSA) is 38.9 Å². The van der Waals surface area contributed by atoms with Crippen molar-refractivity contribution in [1.29, 1.82) is 0 Å². The van der Waals surface area contributed by atoms with Crippen molar-refractivity contribution >= 4 is 26.7 Å². The summed E-state index contributed by atoms with van der Waals surface area (Å²) in [6, 6.07) is 12.0. The highest BCUT2D eigenvalue weighted by atomic mass is 79.9. The average Bonchev–Trinajstić information content (AvgIpc) is 2.48. The van der Waals surface area contributed by atoms with E-state index < -0.39 is 6.04 Å². The van der Waals surface area contributed by atoms with Crippen molar-refractivity contribution < 1.29 is 4.39 Å². The number of halogens is 2. The number of nitrogens with zero attached hydrogens (tertiary/aromatic N) is 1. The minimum atomic E-state index is -0.432. The molecule has 0 saturated carbocycles. The molecule has 4 heteroatoms. The van der Waals surface area contributed by atoms with Crippen LogP contribution >= 0.6 is 15.9 Å². The molecule has 0 aliphatic carbocycles. The molecule has 2 N–H and O–H groups in total. The SMILES string of the molecule is NC(c1cc(F)ccc1Br)c1cncc2ccccc12. The number of hydrogen-bond acceptors (Lipinski definition) is 2. The van der Waals surface area contributed by atoms with Crippen molar-refractivity contribution in [3.05, 3.63) is 76.3 Å². The first-order valence-electron chi connectivity index (χ1n) is 6.20. The van der Waals surface area contributed by atoms with Crippen LogP contribution < -0.4 is 5.73 Å². The van der Waals surface area contributed by atoms with Crippen LogP contribution in [0.15, 0.2) is 59.3 Å². The lowest BCUT2D eigenvalue weighted by Crippen LogP contribution is -2.13. The molecule has 1 aromatic heterocycles. The largest absolute Gasteiger partial charge is 0.320 e. The van der Waals surface area contributed by atoms with Crippen LogP contribution in [-0.2, 0) is 0 Å². The van der Waals surface area contributed by atoms with E-state index in [9.17, 15) is 4.39 Å². The van der Waals surface area contributed by atoms with Crippen LogP contribution in [0.5, 0.6) is 0 Å². The number of pyridine rings is 1. The maximum atomic E-state index is 13.4. The van der Waals surface area contributed by atoms with E-state index in [1.165, 1.54) is 12.1 Å². The van der Waals surface area contributed by atoms with Gasteiger partial charge in [-0.25, -0.2) is 4.39 Å². The standard InChI is InChI=1S/C16H12BrFN2/c17-15-6-5-11(18)7-13(15)16(19)14-9-20-8-10-3-1-2-4-12(10)14/h1-9,16H,19H2. The number of hydrogen-bond donors (Lipinski definition) is 1. The number of nitrogens with two attached hydrogens (primary N) is 1. The lowest BCUT2D eigenvalue weighted by Gasteiger charge is -2.16. The summed E-state index contributed by atoms with van der Waals surface area (Å²) in [5.41, 5.74) is 7.91. The zero-order valence-electron chi connectivity index (χ0n) is 10.6. The van der Waals surface area contributed by atoms with E-state index in [1.807, 2.05) is 24.3 Å². The molecule has 0 amide bonds. The van der Waals surface area contributed by atoms with Gasteiger partial charge in [0.15, 0.2) is 0 Å². The van der Waals surface area contributed by atoms with E-state index in [4.69, 9.17) is 5.73 Å². The third-order valence-corrected chi connectivity index (χ3v) is 4.05.